The molecule has 10 heteroatoms. The second-order valence-electron chi connectivity index (χ2n) is 17.3. The van der Waals surface area contributed by atoms with Gasteiger partial charge in [-0.15, -0.1) is 11.5 Å². The van der Waals surface area contributed by atoms with Gasteiger partial charge in [-0.1, -0.05) is 111 Å². The van der Waals surface area contributed by atoms with Crippen LogP contribution in [0.1, 0.15) is 105 Å². The van der Waals surface area contributed by atoms with E-state index in [1.165, 1.54) is 90.1 Å². The Morgan fingerprint density at radius 3 is 1.61 bits per heavy atom. The van der Waals surface area contributed by atoms with Gasteiger partial charge in [0.15, 0.2) is 0 Å². The maximum atomic E-state index is 3.93. The number of rotatable bonds is 14. The van der Waals surface area contributed by atoms with Gasteiger partial charge in [0, 0.05) is 94.8 Å². The molecule has 6 aliphatic heterocycles. The smallest absolute Gasteiger partial charge is 0.137 e. The van der Waals surface area contributed by atoms with Crippen molar-refractivity contribution < 1.29 is 0 Å². The number of nitrogens with one attached hydrogen (secondary N) is 3. The van der Waals surface area contributed by atoms with E-state index in [2.05, 4.69) is 98.9 Å². The molecule has 0 radical (unpaired) electrons. The van der Waals surface area contributed by atoms with E-state index in [1.807, 2.05) is 0 Å². The van der Waals surface area contributed by atoms with Gasteiger partial charge in [0.05, 0.1) is 0 Å². The first kappa shape index (κ1) is 35.3. The first-order valence-corrected chi connectivity index (χ1v) is 22.5. The molecule has 6 fully saturated rings. The molecule has 0 aromatic heterocycles. The lowest BCUT2D eigenvalue weighted by Crippen LogP contribution is -2.46. The molecule has 9 nitrogen and oxygen atoms in total. The average molecular weight is 656 g/mol. The summed E-state index contributed by atoms with van der Waals surface area (Å²) in [7, 11) is -1.54. The molecule has 0 saturated carbocycles. The topological polar surface area (TPSA) is 55.5 Å². The Balaban J connectivity index is 0.828. The highest BCUT2D eigenvalue weighted by molar-refractivity contribution is 6.87. The van der Waals surface area contributed by atoms with E-state index in [0.29, 0.717) is 40.9 Å². The van der Waals surface area contributed by atoms with Crippen molar-refractivity contribution in [2.24, 2.45) is 17.8 Å². The second-order valence-corrected chi connectivity index (χ2v) is 22.3. The molecule has 6 heterocycles. The summed E-state index contributed by atoms with van der Waals surface area (Å²) >= 11 is 0. The van der Waals surface area contributed by atoms with Gasteiger partial charge < -0.3 is 0 Å². The third-order valence-electron chi connectivity index (χ3n) is 12.5. The van der Waals surface area contributed by atoms with Crippen LogP contribution in [0.25, 0.3) is 0 Å². The molecule has 6 saturated heterocycles. The quantitative estimate of drug-likeness (QED) is 0.139. The minimum Gasteiger partial charge on any atom is -0.237 e. The van der Waals surface area contributed by atoms with Crippen LogP contribution in [0.3, 0.4) is 0 Å². The standard InChI is InChI=1S/C36H69N9Si/c1-7-8-9-10-11-12-13-14-15-16-17-18-33-27-41-23-31(25-44(41)37-33)35-29-42-24-32(26-45(42)39-35)34-28-40-21-30(22-43(40)38-34)19-20-46(5,6)36(2,3)4/h30-35,37-39H,7-18,21-29H2,1-6H3. The predicted octanol–water partition coefficient (Wildman–Crippen LogP) is 4.85. The Hall–Kier alpha value is -0.583. The number of hydrogen-bond donors (Lipinski definition) is 3. The van der Waals surface area contributed by atoms with Crippen molar-refractivity contribution in [2.75, 3.05) is 58.9 Å². The highest BCUT2D eigenvalue weighted by Gasteiger charge is 2.49. The molecule has 0 aliphatic carbocycles. The van der Waals surface area contributed by atoms with Crippen LogP contribution < -0.4 is 16.3 Å². The first-order chi connectivity index (χ1) is 22.1. The Morgan fingerprint density at radius 2 is 1.09 bits per heavy atom. The zero-order chi connectivity index (χ0) is 32.3. The third kappa shape index (κ3) is 8.58. The number of nitrogens with zero attached hydrogens (tertiary/aromatic N) is 6. The van der Waals surface area contributed by atoms with E-state index >= 15 is 0 Å². The lowest BCUT2D eigenvalue weighted by molar-refractivity contribution is 0.0414. The molecule has 6 unspecified atom stereocenters. The van der Waals surface area contributed by atoms with Crippen LogP contribution >= 0.6 is 0 Å². The molecular formula is C36H69N9Si. The summed E-state index contributed by atoms with van der Waals surface area (Å²) in [6, 6.07) is 1.74. The summed E-state index contributed by atoms with van der Waals surface area (Å²) in [6.07, 6.45) is 17.0. The zero-order valence-electron chi connectivity index (χ0n) is 30.5. The lowest BCUT2D eigenvalue weighted by atomic mass is 9.98. The van der Waals surface area contributed by atoms with Crippen molar-refractivity contribution >= 4 is 8.07 Å². The fraction of sp³-hybridized carbons (Fsp3) is 0.944. The van der Waals surface area contributed by atoms with Crippen molar-refractivity contribution in [2.45, 2.75) is 141 Å². The minimum atomic E-state index is -1.54. The first-order valence-electron chi connectivity index (χ1n) is 19.5. The molecule has 0 bridgehead atoms. The molecule has 0 aromatic carbocycles. The van der Waals surface area contributed by atoms with E-state index in [0.717, 1.165) is 45.8 Å². The molecule has 6 rings (SSSR count). The van der Waals surface area contributed by atoms with Gasteiger partial charge >= 0.3 is 0 Å². The molecule has 6 atom stereocenters. The van der Waals surface area contributed by atoms with Gasteiger partial charge in [0.1, 0.15) is 8.07 Å². The summed E-state index contributed by atoms with van der Waals surface area (Å²) in [6.45, 7) is 24.4. The second kappa shape index (κ2) is 15.5. The van der Waals surface area contributed by atoms with Gasteiger partial charge in [-0.25, -0.2) is 31.3 Å². The fourth-order valence-corrected chi connectivity index (χ4v) is 9.34. The maximum Gasteiger partial charge on any atom is 0.137 e. The SMILES string of the molecule is CCCCCCCCCCCCCC1CN2CC(C3CN4CC(C5CN6CC(C#C[Si](C)(C)C(C)(C)C)CN6N5)CN4N3)CN2N1. The predicted molar refractivity (Wildman–Crippen MR) is 192 cm³/mol. The molecule has 46 heavy (non-hydrogen) atoms. The summed E-state index contributed by atoms with van der Waals surface area (Å²) in [5.41, 5.74) is 15.4. The Morgan fingerprint density at radius 1 is 0.587 bits per heavy atom. The van der Waals surface area contributed by atoms with Crippen LogP contribution in [0.15, 0.2) is 0 Å². The maximum absolute atomic E-state index is 3.93. The number of hydrogen-bond acceptors (Lipinski definition) is 9. The monoisotopic (exact) mass is 656 g/mol. The molecule has 3 N–H and O–H groups in total. The third-order valence-corrected chi connectivity index (χ3v) is 17.0. The van der Waals surface area contributed by atoms with Crippen LogP contribution in [-0.2, 0) is 0 Å². The molecule has 0 amide bonds. The van der Waals surface area contributed by atoms with E-state index in [1.54, 1.807) is 0 Å². The number of fused-ring (bicyclic) bond motifs is 3. The van der Waals surface area contributed by atoms with E-state index in [9.17, 15) is 0 Å². The Kier molecular flexibility index (Phi) is 11.9. The zero-order valence-corrected chi connectivity index (χ0v) is 31.5. The number of hydrazine groups is 6. The summed E-state index contributed by atoms with van der Waals surface area (Å²) < 4.78 is 0. The van der Waals surface area contributed by atoms with E-state index < -0.39 is 8.07 Å². The highest BCUT2D eigenvalue weighted by atomic mass is 28.3. The van der Waals surface area contributed by atoms with Gasteiger partial charge in [-0.05, 0) is 11.5 Å². The number of unbranched alkanes of at least 4 members (excludes halogenated alkanes) is 10. The van der Waals surface area contributed by atoms with Crippen molar-refractivity contribution in [1.29, 1.82) is 0 Å². The van der Waals surface area contributed by atoms with Gasteiger partial charge in [-0.2, -0.15) is 15.4 Å². The van der Waals surface area contributed by atoms with Crippen LogP contribution in [0.2, 0.25) is 18.1 Å². The highest BCUT2D eigenvalue weighted by Crippen LogP contribution is 2.36. The normalized spacial score (nSPS) is 33.2. The van der Waals surface area contributed by atoms with Crippen LogP contribution in [0, 0.1) is 29.2 Å². The van der Waals surface area contributed by atoms with Crippen LogP contribution in [0.5, 0.6) is 0 Å². The largest absolute Gasteiger partial charge is 0.237 e. The fourth-order valence-electron chi connectivity index (χ4n) is 8.40. The van der Waals surface area contributed by atoms with Crippen molar-refractivity contribution in [1.82, 2.24) is 46.7 Å². The van der Waals surface area contributed by atoms with Gasteiger partial charge in [-0.3, -0.25) is 0 Å². The molecule has 0 spiro atoms. The van der Waals surface area contributed by atoms with Gasteiger partial charge in [0.25, 0.3) is 0 Å². The average Bonchev–Trinajstić information content (AvgIpc) is 3.81. The summed E-state index contributed by atoms with van der Waals surface area (Å²) in [5, 5.41) is 15.4. The molecule has 0 aromatic rings. The summed E-state index contributed by atoms with van der Waals surface area (Å²) in [5.74, 6) is 5.50. The lowest BCUT2D eigenvalue weighted by Gasteiger charge is -2.31. The van der Waals surface area contributed by atoms with E-state index in [-0.39, 0.29) is 0 Å². The van der Waals surface area contributed by atoms with Crippen molar-refractivity contribution in [3.05, 3.63) is 0 Å². The molecule has 6 aliphatic rings. The molecular weight excluding hydrogens is 587 g/mol. The minimum absolute atomic E-state index is 0.328. The van der Waals surface area contributed by atoms with Crippen LogP contribution in [-0.4, -0.2) is 115 Å². The Labute approximate surface area is 283 Å². The van der Waals surface area contributed by atoms with Crippen molar-refractivity contribution in [3.8, 4) is 11.5 Å². The van der Waals surface area contributed by atoms with Crippen molar-refractivity contribution in [3.63, 3.8) is 0 Å². The Bertz CT molecular complexity index is 997. The van der Waals surface area contributed by atoms with Gasteiger partial charge in [0.2, 0.25) is 0 Å². The van der Waals surface area contributed by atoms with Crippen LogP contribution in [0.4, 0.5) is 0 Å². The summed E-state index contributed by atoms with van der Waals surface area (Å²) in [4.78, 5) is 0. The molecule has 262 valence electrons. The van der Waals surface area contributed by atoms with E-state index in [4.69, 9.17) is 0 Å².